The highest BCUT2D eigenvalue weighted by Gasteiger charge is 2.30. The van der Waals surface area contributed by atoms with Gasteiger partial charge in [-0.05, 0) is 20.8 Å². The van der Waals surface area contributed by atoms with Crippen LogP contribution >= 0.6 is 23.1 Å². The molecule has 1 aliphatic rings. The van der Waals surface area contributed by atoms with E-state index in [4.69, 9.17) is 10.5 Å². The van der Waals surface area contributed by atoms with Gasteiger partial charge in [0, 0.05) is 28.0 Å². The Balaban J connectivity index is 2.10. The molecule has 2 aromatic rings. The zero-order valence-corrected chi connectivity index (χ0v) is 14.2. The van der Waals surface area contributed by atoms with Crippen molar-refractivity contribution in [2.75, 3.05) is 11.5 Å². The number of thioether (sulfide) groups is 1. The number of hydrogen-bond acceptors (Lipinski definition) is 6. The number of thiophene rings is 1. The SMILES string of the molecule is C=C(C)CSc1nnc(N)c2c3c(sc12)CC(C)(C)OC3. The first kappa shape index (κ1) is 14.8. The maximum Gasteiger partial charge on any atom is 0.155 e. The number of aromatic nitrogens is 2. The van der Waals surface area contributed by atoms with E-state index in [2.05, 4.69) is 30.6 Å². The van der Waals surface area contributed by atoms with Crippen LogP contribution in [0.3, 0.4) is 0 Å². The monoisotopic (exact) mass is 321 g/mol. The molecule has 3 heterocycles. The molecule has 0 aromatic carbocycles. The van der Waals surface area contributed by atoms with Gasteiger partial charge < -0.3 is 10.5 Å². The van der Waals surface area contributed by atoms with E-state index in [1.165, 1.54) is 10.4 Å². The van der Waals surface area contributed by atoms with Crippen molar-refractivity contribution in [2.24, 2.45) is 0 Å². The van der Waals surface area contributed by atoms with Gasteiger partial charge in [-0.2, -0.15) is 0 Å². The summed E-state index contributed by atoms with van der Waals surface area (Å²) in [6.07, 6.45) is 0.908. The highest BCUT2D eigenvalue weighted by atomic mass is 32.2. The number of fused-ring (bicyclic) bond motifs is 3. The average Bonchev–Trinajstić information content (AvgIpc) is 2.75. The summed E-state index contributed by atoms with van der Waals surface area (Å²) in [5.74, 6) is 1.35. The summed E-state index contributed by atoms with van der Waals surface area (Å²) in [6.45, 7) is 10.8. The molecule has 21 heavy (non-hydrogen) atoms. The molecule has 0 amide bonds. The van der Waals surface area contributed by atoms with Gasteiger partial charge in [-0.25, -0.2) is 0 Å². The summed E-state index contributed by atoms with van der Waals surface area (Å²) in [6, 6.07) is 0. The number of anilines is 1. The number of rotatable bonds is 3. The second kappa shape index (κ2) is 5.26. The van der Waals surface area contributed by atoms with Gasteiger partial charge in [0.2, 0.25) is 0 Å². The van der Waals surface area contributed by atoms with Crippen molar-refractivity contribution in [1.29, 1.82) is 0 Å². The third-order valence-corrected chi connectivity index (χ3v) is 6.00. The number of nitrogen functional groups attached to an aromatic ring is 1. The molecule has 0 atom stereocenters. The smallest absolute Gasteiger partial charge is 0.155 e. The van der Waals surface area contributed by atoms with E-state index in [1.54, 1.807) is 23.1 Å². The molecule has 6 heteroatoms. The Morgan fingerprint density at radius 2 is 2.24 bits per heavy atom. The first-order valence-electron chi connectivity index (χ1n) is 6.85. The second-order valence-electron chi connectivity index (χ2n) is 6.07. The summed E-state index contributed by atoms with van der Waals surface area (Å²) < 4.78 is 7.07. The Labute approximate surface area is 132 Å². The quantitative estimate of drug-likeness (QED) is 0.688. The Hall–Kier alpha value is -1.11. The number of nitrogens with two attached hydrogens (primary N) is 1. The fourth-order valence-corrected chi connectivity index (χ4v) is 4.84. The molecule has 0 spiro atoms. The summed E-state index contributed by atoms with van der Waals surface area (Å²) in [7, 11) is 0. The zero-order valence-electron chi connectivity index (χ0n) is 12.5. The van der Waals surface area contributed by atoms with Crippen molar-refractivity contribution in [2.45, 2.75) is 44.4 Å². The highest BCUT2D eigenvalue weighted by Crippen LogP contribution is 2.43. The van der Waals surface area contributed by atoms with E-state index in [-0.39, 0.29) is 5.60 Å². The molecule has 3 rings (SSSR count). The second-order valence-corrected chi connectivity index (χ2v) is 8.14. The fourth-order valence-electron chi connectivity index (χ4n) is 2.42. The van der Waals surface area contributed by atoms with Crippen LogP contribution in [0.5, 0.6) is 0 Å². The molecule has 0 radical (unpaired) electrons. The van der Waals surface area contributed by atoms with Crippen molar-refractivity contribution in [3.8, 4) is 0 Å². The molecule has 1 aliphatic heterocycles. The molecule has 0 unspecified atom stereocenters. The molecule has 0 saturated carbocycles. The van der Waals surface area contributed by atoms with Crippen LogP contribution < -0.4 is 5.73 Å². The average molecular weight is 321 g/mol. The van der Waals surface area contributed by atoms with E-state index in [9.17, 15) is 0 Å². The first-order valence-corrected chi connectivity index (χ1v) is 8.65. The van der Waals surface area contributed by atoms with Crippen molar-refractivity contribution in [1.82, 2.24) is 10.2 Å². The predicted molar refractivity (Wildman–Crippen MR) is 89.9 cm³/mol. The van der Waals surface area contributed by atoms with Crippen LogP contribution in [0.25, 0.3) is 10.1 Å². The number of hydrogen-bond donors (Lipinski definition) is 1. The Morgan fingerprint density at radius 1 is 1.48 bits per heavy atom. The summed E-state index contributed by atoms with van der Waals surface area (Å²) in [5, 5.41) is 10.4. The Kier molecular flexibility index (Phi) is 3.71. The van der Waals surface area contributed by atoms with Gasteiger partial charge in [0.25, 0.3) is 0 Å². The molecular formula is C15H19N3OS2. The summed E-state index contributed by atoms with van der Waals surface area (Å²) in [4.78, 5) is 1.35. The fraction of sp³-hybridized carbons (Fsp3) is 0.467. The lowest BCUT2D eigenvalue weighted by Gasteiger charge is -2.29. The molecule has 2 aromatic heterocycles. The molecule has 0 aliphatic carbocycles. The van der Waals surface area contributed by atoms with Crippen molar-refractivity contribution < 1.29 is 4.74 Å². The largest absolute Gasteiger partial charge is 0.382 e. The van der Waals surface area contributed by atoms with Crippen molar-refractivity contribution in [3.05, 3.63) is 22.6 Å². The van der Waals surface area contributed by atoms with Gasteiger partial charge in [-0.15, -0.1) is 21.5 Å². The van der Waals surface area contributed by atoms with Crippen LogP contribution in [0.1, 0.15) is 31.2 Å². The summed E-state index contributed by atoms with van der Waals surface area (Å²) >= 11 is 3.45. The Morgan fingerprint density at radius 3 is 2.95 bits per heavy atom. The van der Waals surface area contributed by atoms with Crippen LogP contribution in [-0.2, 0) is 17.8 Å². The molecule has 4 nitrogen and oxygen atoms in total. The standard InChI is InChI=1S/C15H19N3OS2/c1-8(2)7-20-14-12-11(13(16)17-18-14)9-6-19-15(3,4)5-10(9)21-12/h1,5-7H2,2-4H3,(H2,16,17). The van der Waals surface area contributed by atoms with Gasteiger partial charge in [0.1, 0.15) is 5.03 Å². The van der Waals surface area contributed by atoms with Crippen molar-refractivity contribution in [3.63, 3.8) is 0 Å². The van der Waals surface area contributed by atoms with Crippen LogP contribution in [0.2, 0.25) is 0 Å². The van der Waals surface area contributed by atoms with E-state index in [0.717, 1.165) is 32.9 Å². The number of ether oxygens (including phenoxy) is 1. The van der Waals surface area contributed by atoms with Crippen LogP contribution in [0, 0.1) is 0 Å². The lowest BCUT2D eigenvalue weighted by atomic mass is 9.97. The first-order chi connectivity index (χ1) is 9.87. The van der Waals surface area contributed by atoms with Gasteiger partial charge >= 0.3 is 0 Å². The molecule has 0 bridgehead atoms. The van der Waals surface area contributed by atoms with Crippen LogP contribution in [-0.4, -0.2) is 21.6 Å². The molecular weight excluding hydrogens is 302 g/mol. The van der Waals surface area contributed by atoms with Crippen molar-refractivity contribution >= 4 is 39.0 Å². The molecule has 112 valence electrons. The maximum atomic E-state index is 6.07. The van der Waals surface area contributed by atoms with Crippen LogP contribution in [0.15, 0.2) is 17.2 Å². The zero-order chi connectivity index (χ0) is 15.2. The van der Waals surface area contributed by atoms with Gasteiger partial charge in [0.15, 0.2) is 5.82 Å². The Bertz CT molecular complexity index is 721. The molecule has 0 saturated heterocycles. The van der Waals surface area contributed by atoms with Gasteiger partial charge in [0.05, 0.1) is 16.9 Å². The van der Waals surface area contributed by atoms with Gasteiger partial charge in [-0.3, -0.25) is 0 Å². The third kappa shape index (κ3) is 2.80. The van der Waals surface area contributed by atoms with E-state index >= 15 is 0 Å². The van der Waals surface area contributed by atoms with Gasteiger partial charge in [-0.1, -0.05) is 23.9 Å². The van der Waals surface area contributed by atoms with Crippen LogP contribution in [0.4, 0.5) is 5.82 Å². The third-order valence-electron chi connectivity index (χ3n) is 3.44. The van der Waals surface area contributed by atoms with E-state index < -0.39 is 0 Å². The molecule has 2 N–H and O–H groups in total. The van der Waals surface area contributed by atoms with E-state index in [1.807, 2.05) is 6.92 Å². The normalized spacial score (nSPS) is 16.9. The lowest BCUT2D eigenvalue weighted by molar-refractivity contribution is -0.0382. The lowest BCUT2D eigenvalue weighted by Crippen LogP contribution is -2.30. The van der Waals surface area contributed by atoms with E-state index in [0.29, 0.717) is 12.4 Å². The minimum absolute atomic E-state index is 0.117. The minimum Gasteiger partial charge on any atom is -0.382 e. The maximum absolute atomic E-state index is 6.07. The topological polar surface area (TPSA) is 61.0 Å². The highest BCUT2D eigenvalue weighted by molar-refractivity contribution is 7.99. The predicted octanol–water partition coefficient (Wildman–Crippen LogP) is 3.79. The number of nitrogens with zero attached hydrogens (tertiary/aromatic N) is 2. The minimum atomic E-state index is -0.117. The summed E-state index contributed by atoms with van der Waals surface area (Å²) in [5.41, 5.74) is 8.27. The molecule has 0 fully saturated rings.